The van der Waals surface area contributed by atoms with Crippen LogP contribution < -0.4 is 10.2 Å². The Morgan fingerprint density at radius 1 is 1.10 bits per heavy atom. The summed E-state index contributed by atoms with van der Waals surface area (Å²) in [5.41, 5.74) is 2.26. The van der Waals surface area contributed by atoms with Crippen molar-refractivity contribution in [3.63, 3.8) is 0 Å². The molecular weight excluding hydrogens is 390 g/mol. The van der Waals surface area contributed by atoms with Gasteiger partial charge in [0.15, 0.2) is 5.82 Å². The zero-order valence-corrected chi connectivity index (χ0v) is 16.2. The molecule has 1 aliphatic heterocycles. The van der Waals surface area contributed by atoms with Gasteiger partial charge in [-0.25, -0.2) is 19.6 Å². The second-order valence-corrected chi connectivity index (χ2v) is 7.29. The second kappa shape index (κ2) is 7.51. The molecule has 29 heavy (non-hydrogen) atoms. The molecule has 1 amide bonds. The minimum atomic E-state index is -0.0512. The lowest BCUT2D eigenvalue weighted by Crippen LogP contribution is -2.38. The fourth-order valence-electron chi connectivity index (χ4n) is 3.47. The average Bonchev–Trinajstić information content (AvgIpc) is 3.46. The van der Waals surface area contributed by atoms with Gasteiger partial charge in [0.05, 0.1) is 17.4 Å². The number of amides is 1. The highest BCUT2D eigenvalue weighted by Crippen LogP contribution is 2.26. The summed E-state index contributed by atoms with van der Waals surface area (Å²) in [7, 11) is 0. The predicted molar refractivity (Wildman–Crippen MR) is 108 cm³/mol. The summed E-state index contributed by atoms with van der Waals surface area (Å²) >= 11 is 1.15. The molecule has 10 nitrogen and oxygen atoms in total. The van der Waals surface area contributed by atoms with E-state index in [4.69, 9.17) is 0 Å². The highest BCUT2D eigenvalue weighted by Gasteiger charge is 2.26. The number of aromatic nitrogens is 7. The maximum Gasteiger partial charge on any atom is 0.227 e. The number of carbonyl (C=O) groups is 1. The summed E-state index contributed by atoms with van der Waals surface area (Å²) < 4.78 is 10.1. The maximum absolute atomic E-state index is 12.8. The predicted octanol–water partition coefficient (Wildman–Crippen LogP) is 1.92. The summed E-state index contributed by atoms with van der Waals surface area (Å²) in [5, 5.41) is 7.13. The Balaban J connectivity index is 1.24. The Kier molecular flexibility index (Phi) is 4.56. The largest absolute Gasteiger partial charge is 0.356 e. The molecule has 5 rings (SSSR count). The standard InChI is InChI=1S/C18H17N9OS/c28-18(23-13-2-1-3-14-17(13)25-29-24-14)12-4-6-26(7-5-12)15-8-16(21-10-20-15)27-11-19-9-22-27/h1-3,8-12H,4-7H2,(H,23,28). The topological polar surface area (TPSA) is 115 Å². The summed E-state index contributed by atoms with van der Waals surface area (Å²) in [6, 6.07) is 7.51. The number of benzene rings is 1. The van der Waals surface area contributed by atoms with Gasteiger partial charge in [0, 0.05) is 25.1 Å². The van der Waals surface area contributed by atoms with Crippen LogP contribution in [0.5, 0.6) is 0 Å². The van der Waals surface area contributed by atoms with Gasteiger partial charge in [0.25, 0.3) is 0 Å². The van der Waals surface area contributed by atoms with Gasteiger partial charge in [0.2, 0.25) is 5.91 Å². The van der Waals surface area contributed by atoms with Crippen molar-refractivity contribution in [3.05, 3.63) is 43.2 Å². The molecule has 0 bridgehead atoms. The fraction of sp³-hybridized carbons (Fsp3) is 0.278. The van der Waals surface area contributed by atoms with E-state index in [1.807, 2.05) is 24.3 Å². The van der Waals surface area contributed by atoms with Crippen LogP contribution >= 0.6 is 11.7 Å². The van der Waals surface area contributed by atoms with Crippen LogP contribution in [0.3, 0.4) is 0 Å². The molecule has 1 saturated heterocycles. The third-order valence-electron chi connectivity index (χ3n) is 5.03. The molecule has 0 radical (unpaired) electrons. The Labute approximate surface area is 170 Å². The van der Waals surface area contributed by atoms with Gasteiger partial charge in [-0.05, 0) is 25.0 Å². The molecule has 1 aliphatic rings. The van der Waals surface area contributed by atoms with Crippen LogP contribution in [0.1, 0.15) is 12.8 Å². The molecule has 3 aromatic heterocycles. The number of carbonyl (C=O) groups excluding carboxylic acids is 1. The Morgan fingerprint density at radius 3 is 2.79 bits per heavy atom. The number of hydrogen-bond acceptors (Lipinski definition) is 9. The van der Waals surface area contributed by atoms with E-state index in [9.17, 15) is 4.79 Å². The Hall–Kier alpha value is -3.47. The lowest BCUT2D eigenvalue weighted by atomic mass is 9.95. The molecule has 4 heterocycles. The van der Waals surface area contributed by atoms with Gasteiger partial charge in [-0.1, -0.05) is 6.07 Å². The van der Waals surface area contributed by atoms with Crippen LogP contribution in [0, 0.1) is 5.92 Å². The van der Waals surface area contributed by atoms with Crippen LogP contribution in [0.15, 0.2) is 43.2 Å². The monoisotopic (exact) mass is 407 g/mol. The second-order valence-electron chi connectivity index (χ2n) is 6.76. The quantitative estimate of drug-likeness (QED) is 0.546. The van der Waals surface area contributed by atoms with Crippen LogP contribution in [-0.4, -0.2) is 52.5 Å². The van der Waals surface area contributed by atoms with Gasteiger partial charge in [-0.2, -0.15) is 13.8 Å². The lowest BCUT2D eigenvalue weighted by molar-refractivity contribution is -0.120. The van der Waals surface area contributed by atoms with Gasteiger partial charge in [-0.15, -0.1) is 0 Å². The number of fused-ring (bicyclic) bond motifs is 1. The normalized spacial score (nSPS) is 15.0. The number of nitrogens with one attached hydrogen (secondary N) is 1. The lowest BCUT2D eigenvalue weighted by Gasteiger charge is -2.32. The van der Waals surface area contributed by atoms with Crippen molar-refractivity contribution in [2.75, 3.05) is 23.3 Å². The molecule has 0 atom stereocenters. The van der Waals surface area contributed by atoms with Crippen molar-refractivity contribution >= 4 is 40.2 Å². The van der Waals surface area contributed by atoms with Crippen molar-refractivity contribution in [2.45, 2.75) is 12.8 Å². The van der Waals surface area contributed by atoms with Crippen molar-refractivity contribution in [1.29, 1.82) is 0 Å². The van der Waals surface area contributed by atoms with E-state index >= 15 is 0 Å². The highest BCUT2D eigenvalue weighted by molar-refractivity contribution is 7.00. The summed E-state index contributed by atoms with van der Waals surface area (Å²) in [6.07, 6.45) is 6.09. The number of hydrogen-bond donors (Lipinski definition) is 1. The Morgan fingerprint density at radius 2 is 1.97 bits per heavy atom. The third-order valence-corrected chi connectivity index (χ3v) is 5.57. The summed E-state index contributed by atoms with van der Waals surface area (Å²) in [5.74, 6) is 1.46. The molecule has 146 valence electrons. The van der Waals surface area contributed by atoms with E-state index in [1.54, 1.807) is 11.0 Å². The van der Waals surface area contributed by atoms with Crippen LogP contribution in [0.4, 0.5) is 11.5 Å². The third kappa shape index (κ3) is 3.51. The number of anilines is 2. The summed E-state index contributed by atoms with van der Waals surface area (Å²) in [6.45, 7) is 1.49. The molecule has 0 spiro atoms. The zero-order valence-electron chi connectivity index (χ0n) is 15.3. The summed E-state index contributed by atoms with van der Waals surface area (Å²) in [4.78, 5) is 27.5. The molecule has 1 fully saturated rings. The van der Waals surface area contributed by atoms with E-state index in [0.717, 1.165) is 60.2 Å². The van der Waals surface area contributed by atoms with E-state index in [-0.39, 0.29) is 11.8 Å². The number of rotatable bonds is 4. The molecule has 11 heteroatoms. The first-order valence-corrected chi connectivity index (χ1v) is 9.95. The fourth-order valence-corrected chi connectivity index (χ4v) is 4.02. The van der Waals surface area contributed by atoms with Gasteiger partial charge in [-0.3, -0.25) is 4.79 Å². The SMILES string of the molecule is O=C(Nc1cccc2nsnc12)C1CCN(c2cc(-n3cncn3)ncn2)CC1. The minimum absolute atomic E-state index is 0.0242. The van der Waals surface area contributed by atoms with E-state index < -0.39 is 0 Å². The highest BCUT2D eigenvalue weighted by atomic mass is 32.1. The van der Waals surface area contributed by atoms with Crippen molar-refractivity contribution in [2.24, 2.45) is 5.92 Å². The molecule has 1 N–H and O–H groups in total. The minimum Gasteiger partial charge on any atom is -0.356 e. The van der Waals surface area contributed by atoms with Gasteiger partial charge < -0.3 is 10.2 Å². The first-order chi connectivity index (χ1) is 14.3. The van der Waals surface area contributed by atoms with Gasteiger partial charge >= 0.3 is 0 Å². The zero-order chi connectivity index (χ0) is 19.6. The van der Waals surface area contributed by atoms with Crippen molar-refractivity contribution in [1.82, 2.24) is 33.5 Å². The van der Waals surface area contributed by atoms with Crippen molar-refractivity contribution < 1.29 is 4.79 Å². The Bertz CT molecular complexity index is 1140. The first-order valence-electron chi connectivity index (χ1n) is 9.22. The van der Waals surface area contributed by atoms with E-state index in [2.05, 4.69) is 39.0 Å². The number of piperidine rings is 1. The van der Waals surface area contributed by atoms with Crippen molar-refractivity contribution in [3.8, 4) is 5.82 Å². The van der Waals surface area contributed by atoms with Crippen LogP contribution in [0.2, 0.25) is 0 Å². The molecular formula is C18H17N9OS. The molecule has 0 aliphatic carbocycles. The number of nitrogens with zero attached hydrogens (tertiary/aromatic N) is 8. The van der Waals surface area contributed by atoms with Gasteiger partial charge in [0.1, 0.15) is 35.8 Å². The van der Waals surface area contributed by atoms with E-state index in [1.165, 1.54) is 12.7 Å². The molecule has 4 aromatic rings. The molecule has 0 saturated carbocycles. The van der Waals surface area contributed by atoms with Crippen LogP contribution in [0.25, 0.3) is 16.9 Å². The molecule has 1 aromatic carbocycles. The maximum atomic E-state index is 12.8. The van der Waals surface area contributed by atoms with Crippen LogP contribution in [-0.2, 0) is 4.79 Å². The molecule has 0 unspecified atom stereocenters. The smallest absolute Gasteiger partial charge is 0.227 e. The first kappa shape index (κ1) is 17.6. The van der Waals surface area contributed by atoms with E-state index in [0.29, 0.717) is 5.82 Å². The average molecular weight is 407 g/mol.